The second-order valence-corrected chi connectivity index (χ2v) is 8.01. The van der Waals surface area contributed by atoms with Crippen molar-refractivity contribution in [3.05, 3.63) is 69.5 Å². The zero-order chi connectivity index (χ0) is 20.3. The Morgan fingerprint density at radius 3 is 2.46 bits per heavy atom. The number of alkyl halides is 3. The standard InChI is InChI=1S/C20H22F3N3OS/c1-14-11-16(20(21,22)23)3-5-18(14)28-15(2)13-25-7-9-26(10-8-25)17-4-6-19(27)24-12-17/h3-6,11-12H,2,7-10,13H2,1H3,(H,24,27). The number of aromatic nitrogens is 1. The van der Waals surface area contributed by atoms with E-state index in [4.69, 9.17) is 0 Å². The minimum atomic E-state index is -4.32. The van der Waals surface area contributed by atoms with Crippen molar-refractivity contribution in [2.24, 2.45) is 0 Å². The second-order valence-electron chi connectivity index (χ2n) is 6.79. The number of hydrogen-bond acceptors (Lipinski definition) is 4. The molecule has 1 aromatic carbocycles. The summed E-state index contributed by atoms with van der Waals surface area (Å²) in [5.74, 6) is 0. The average molecular weight is 409 g/mol. The van der Waals surface area contributed by atoms with Crippen LogP contribution in [-0.2, 0) is 6.18 Å². The summed E-state index contributed by atoms with van der Waals surface area (Å²) in [6.07, 6.45) is -2.60. The zero-order valence-electron chi connectivity index (χ0n) is 15.6. The molecule has 4 nitrogen and oxygen atoms in total. The van der Waals surface area contributed by atoms with E-state index in [0.29, 0.717) is 12.1 Å². The number of thioether (sulfide) groups is 1. The molecule has 3 rings (SSSR count). The van der Waals surface area contributed by atoms with Crippen LogP contribution in [0.2, 0.25) is 0 Å². The van der Waals surface area contributed by atoms with E-state index in [1.54, 1.807) is 13.1 Å². The number of aryl methyl sites for hydroxylation is 1. The van der Waals surface area contributed by atoms with Gasteiger partial charge < -0.3 is 9.88 Å². The Morgan fingerprint density at radius 1 is 1.18 bits per heavy atom. The van der Waals surface area contributed by atoms with Crippen molar-refractivity contribution in [2.45, 2.75) is 18.0 Å². The van der Waals surface area contributed by atoms with Gasteiger partial charge in [0.05, 0.1) is 11.3 Å². The number of halogens is 3. The van der Waals surface area contributed by atoms with Crippen LogP contribution in [0.3, 0.4) is 0 Å². The molecule has 150 valence electrons. The molecule has 0 unspecified atom stereocenters. The quantitative estimate of drug-likeness (QED) is 0.754. The lowest BCUT2D eigenvalue weighted by molar-refractivity contribution is -0.137. The van der Waals surface area contributed by atoms with Gasteiger partial charge in [-0.2, -0.15) is 13.2 Å². The van der Waals surface area contributed by atoms with Crippen LogP contribution in [0.5, 0.6) is 0 Å². The van der Waals surface area contributed by atoms with Crippen LogP contribution in [0, 0.1) is 6.92 Å². The summed E-state index contributed by atoms with van der Waals surface area (Å²) < 4.78 is 38.4. The number of hydrogen-bond donors (Lipinski definition) is 1. The van der Waals surface area contributed by atoms with Gasteiger partial charge in [0, 0.05) is 49.9 Å². The third-order valence-corrected chi connectivity index (χ3v) is 5.76. The highest BCUT2D eigenvalue weighted by molar-refractivity contribution is 8.03. The molecule has 0 aliphatic carbocycles. The van der Waals surface area contributed by atoms with E-state index in [1.165, 1.54) is 30.0 Å². The first-order valence-corrected chi connectivity index (χ1v) is 9.73. The molecule has 0 bridgehead atoms. The number of benzene rings is 1. The van der Waals surface area contributed by atoms with Crippen LogP contribution in [0.25, 0.3) is 0 Å². The molecule has 2 aromatic rings. The lowest BCUT2D eigenvalue weighted by Gasteiger charge is -2.36. The number of rotatable bonds is 5. The Labute approximate surface area is 166 Å². The summed E-state index contributed by atoms with van der Waals surface area (Å²) in [6.45, 7) is 9.84. The monoisotopic (exact) mass is 409 g/mol. The van der Waals surface area contributed by atoms with Crippen molar-refractivity contribution < 1.29 is 13.2 Å². The smallest absolute Gasteiger partial charge is 0.368 e. The number of anilines is 1. The van der Waals surface area contributed by atoms with Crippen LogP contribution >= 0.6 is 11.8 Å². The van der Waals surface area contributed by atoms with Gasteiger partial charge in [-0.3, -0.25) is 9.69 Å². The first kappa shape index (κ1) is 20.5. The molecule has 0 amide bonds. The summed E-state index contributed by atoms with van der Waals surface area (Å²) >= 11 is 1.43. The van der Waals surface area contributed by atoms with Gasteiger partial charge in [0.1, 0.15) is 0 Å². The van der Waals surface area contributed by atoms with Gasteiger partial charge in [-0.05, 0) is 41.7 Å². The van der Waals surface area contributed by atoms with E-state index in [-0.39, 0.29) is 5.56 Å². The van der Waals surface area contributed by atoms with Crippen molar-refractivity contribution in [3.63, 3.8) is 0 Å². The molecule has 0 atom stereocenters. The Bertz CT molecular complexity index is 882. The zero-order valence-corrected chi connectivity index (χ0v) is 16.4. The Kier molecular flexibility index (Phi) is 6.20. The van der Waals surface area contributed by atoms with Gasteiger partial charge in [0.2, 0.25) is 5.56 Å². The highest BCUT2D eigenvalue weighted by atomic mass is 32.2. The minimum absolute atomic E-state index is 0.116. The predicted molar refractivity (Wildman–Crippen MR) is 107 cm³/mol. The minimum Gasteiger partial charge on any atom is -0.368 e. The summed E-state index contributed by atoms with van der Waals surface area (Å²) in [5, 5.41) is 0. The normalized spacial score (nSPS) is 15.6. The topological polar surface area (TPSA) is 39.3 Å². The number of nitrogens with one attached hydrogen (secondary N) is 1. The van der Waals surface area contributed by atoms with E-state index in [0.717, 1.165) is 47.7 Å². The lowest BCUT2D eigenvalue weighted by atomic mass is 10.1. The molecule has 1 N–H and O–H groups in total. The summed E-state index contributed by atoms with van der Waals surface area (Å²) in [4.78, 5) is 20.0. The summed E-state index contributed by atoms with van der Waals surface area (Å²) in [5.41, 5.74) is 0.851. The molecule has 1 aromatic heterocycles. The summed E-state index contributed by atoms with van der Waals surface area (Å²) in [6, 6.07) is 7.15. The Hall–Kier alpha value is -2.19. The highest BCUT2D eigenvalue weighted by Gasteiger charge is 2.30. The maximum absolute atomic E-state index is 12.8. The number of H-pyrrole nitrogens is 1. The molecule has 0 radical (unpaired) electrons. The summed E-state index contributed by atoms with van der Waals surface area (Å²) in [7, 11) is 0. The van der Waals surface area contributed by atoms with Crippen LogP contribution in [0.15, 0.2) is 57.7 Å². The van der Waals surface area contributed by atoms with E-state index >= 15 is 0 Å². The van der Waals surface area contributed by atoms with Crippen LogP contribution < -0.4 is 10.5 Å². The van der Waals surface area contributed by atoms with Crippen molar-refractivity contribution in [2.75, 3.05) is 37.6 Å². The number of aromatic amines is 1. The van der Waals surface area contributed by atoms with Crippen LogP contribution in [-0.4, -0.2) is 42.6 Å². The van der Waals surface area contributed by atoms with Crippen LogP contribution in [0.1, 0.15) is 11.1 Å². The van der Waals surface area contributed by atoms with E-state index in [9.17, 15) is 18.0 Å². The Balaban J connectivity index is 1.52. The molecule has 1 aliphatic rings. The van der Waals surface area contributed by atoms with Gasteiger partial charge in [0.25, 0.3) is 0 Å². The Morgan fingerprint density at radius 2 is 1.89 bits per heavy atom. The maximum Gasteiger partial charge on any atom is 0.416 e. The largest absolute Gasteiger partial charge is 0.416 e. The SMILES string of the molecule is C=C(CN1CCN(c2ccc(=O)[nH]c2)CC1)Sc1ccc(C(F)(F)F)cc1C. The number of piperazine rings is 1. The van der Waals surface area contributed by atoms with E-state index < -0.39 is 11.7 Å². The molecule has 28 heavy (non-hydrogen) atoms. The molecule has 0 spiro atoms. The molecule has 0 saturated carbocycles. The molecule has 8 heteroatoms. The molecule has 1 saturated heterocycles. The second kappa shape index (κ2) is 8.45. The fraction of sp³-hybridized carbons (Fsp3) is 0.350. The van der Waals surface area contributed by atoms with E-state index in [1.807, 2.05) is 6.07 Å². The lowest BCUT2D eigenvalue weighted by Crippen LogP contribution is -2.46. The van der Waals surface area contributed by atoms with E-state index in [2.05, 4.69) is 21.4 Å². The molecule has 1 aliphatic heterocycles. The van der Waals surface area contributed by atoms with Gasteiger partial charge >= 0.3 is 6.18 Å². The average Bonchev–Trinajstić information content (AvgIpc) is 2.64. The fourth-order valence-corrected chi connectivity index (χ4v) is 4.05. The van der Waals surface area contributed by atoms with Gasteiger partial charge in [-0.1, -0.05) is 18.3 Å². The molecule has 1 fully saturated rings. The van der Waals surface area contributed by atoms with Crippen molar-refractivity contribution in [3.8, 4) is 0 Å². The number of nitrogens with zero attached hydrogens (tertiary/aromatic N) is 2. The third-order valence-electron chi connectivity index (χ3n) is 4.66. The van der Waals surface area contributed by atoms with Gasteiger partial charge in [0.15, 0.2) is 0 Å². The fourth-order valence-electron chi connectivity index (χ4n) is 3.14. The first-order valence-electron chi connectivity index (χ1n) is 8.92. The highest BCUT2D eigenvalue weighted by Crippen LogP contribution is 2.35. The third kappa shape index (κ3) is 5.20. The van der Waals surface area contributed by atoms with Gasteiger partial charge in [-0.15, -0.1) is 0 Å². The predicted octanol–water partition coefficient (Wildman–Crippen LogP) is 4.13. The van der Waals surface area contributed by atoms with Crippen LogP contribution in [0.4, 0.5) is 18.9 Å². The first-order chi connectivity index (χ1) is 13.2. The van der Waals surface area contributed by atoms with Crippen molar-refractivity contribution >= 4 is 17.4 Å². The van der Waals surface area contributed by atoms with Crippen molar-refractivity contribution in [1.29, 1.82) is 0 Å². The molecule has 2 heterocycles. The van der Waals surface area contributed by atoms with Crippen molar-refractivity contribution in [1.82, 2.24) is 9.88 Å². The van der Waals surface area contributed by atoms with Gasteiger partial charge in [-0.25, -0.2) is 0 Å². The maximum atomic E-state index is 12.8. The molecular formula is C20H22F3N3OS. The molecular weight excluding hydrogens is 387 g/mol. The number of pyridine rings is 1.